The van der Waals surface area contributed by atoms with Gasteiger partial charge in [0, 0.05) is 19.2 Å². The third-order valence-electron chi connectivity index (χ3n) is 3.69. The first kappa shape index (κ1) is 16.2. The summed E-state index contributed by atoms with van der Waals surface area (Å²) in [6.07, 6.45) is 4.78. The van der Waals surface area contributed by atoms with Gasteiger partial charge in [-0.05, 0) is 54.2 Å². The van der Waals surface area contributed by atoms with Crippen molar-refractivity contribution >= 4 is 27.4 Å². The molecule has 0 bridgehead atoms. The lowest BCUT2D eigenvalue weighted by atomic mass is 9.99. The van der Waals surface area contributed by atoms with Crippen molar-refractivity contribution < 1.29 is 4.92 Å². The zero-order chi connectivity index (χ0) is 15.2. The molecule has 1 aromatic heterocycles. The van der Waals surface area contributed by atoms with Gasteiger partial charge in [-0.3, -0.25) is 10.1 Å². The summed E-state index contributed by atoms with van der Waals surface area (Å²) >= 11 is 3.43. The zero-order valence-corrected chi connectivity index (χ0v) is 13.8. The summed E-state index contributed by atoms with van der Waals surface area (Å²) in [5, 5.41) is 14.2. The fourth-order valence-corrected chi connectivity index (χ4v) is 3.29. The minimum atomic E-state index is -0.420. The van der Waals surface area contributed by atoms with Crippen LogP contribution in [0.25, 0.3) is 0 Å². The molecule has 116 valence electrons. The average molecular weight is 357 g/mol. The van der Waals surface area contributed by atoms with Gasteiger partial charge in [-0.15, -0.1) is 0 Å². The van der Waals surface area contributed by atoms with Gasteiger partial charge in [-0.2, -0.15) is 0 Å². The van der Waals surface area contributed by atoms with Crippen LogP contribution < -0.4 is 10.2 Å². The molecule has 0 aliphatic carbocycles. The smallest absolute Gasteiger partial charge is 0.288 e. The summed E-state index contributed by atoms with van der Waals surface area (Å²) in [6, 6.07) is 1.53. The van der Waals surface area contributed by atoms with Crippen LogP contribution in [0.3, 0.4) is 0 Å². The van der Waals surface area contributed by atoms with Crippen molar-refractivity contribution in [1.82, 2.24) is 10.3 Å². The second-order valence-electron chi connectivity index (χ2n) is 5.41. The van der Waals surface area contributed by atoms with Gasteiger partial charge >= 0.3 is 0 Å². The predicted molar refractivity (Wildman–Crippen MR) is 86.7 cm³/mol. The fourth-order valence-electron chi connectivity index (χ4n) is 2.70. The summed E-state index contributed by atoms with van der Waals surface area (Å²) < 4.78 is 0.689. The first-order chi connectivity index (χ1) is 10.1. The predicted octanol–water partition coefficient (Wildman–Crippen LogP) is 2.97. The van der Waals surface area contributed by atoms with Gasteiger partial charge in [0.1, 0.15) is 12.0 Å². The number of pyridine rings is 1. The number of nitro groups is 1. The van der Waals surface area contributed by atoms with Crippen molar-refractivity contribution in [3.05, 3.63) is 26.9 Å². The molecule has 0 aromatic carbocycles. The van der Waals surface area contributed by atoms with E-state index in [9.17, 15) is 10.1 Å². The van der Waals surface area contributed by atoms with Crippen LogP contribution in [0.1, 0.15) is 26.2 Å². The molecule has 1 aliphatic rings. The molecule has 1 aliphatic heterocycles. The van der Waals surface area contributed by atoms with E-state index in [4.69, 9.17) is 0 Å². The van der Waals surface area contributed by atoms with Gasteiger partial charge < -0.3 is 10.2 Å². The first-order valence-corrected chi connectivity index (χ1v) is 8.16. The Morgan fingerprint density at radius 1 is 1.62 bits per heavy atom. The number of anilines is 1. The fraction of sp³-hybridized carbons (Fsp3) is 0.643. The van der Waals surface area contributed by atoms with Crippen LogP contribution in [-0.4, -0.2) is 36.1 Å². The first-order valence-electron chi connectivity index (χ1n) is 7.37. The summed E-state index contributed by atoms with van der Waals surface area (Å²) in [6.45, 7) is 6.10. The van der Waals surface area contributed by atoms with E-state index in [1.54, 1.807) is 0 Å². The normalized spacial score (nSPS) is 18.5. The zero-order valence-electron chi connectivity index (χ0n) is 12.2. The highest BCUT2D eigenvalue weighted by atomic mass is 79.9. The third kappa shape index (κ3) is 4.38. The number of rotatable bonds is 6. The van der Waals surface area contributed by atoms with Gasteiger partial charge in [0.2, 0.25) is 0 Å². The molecule has 6 nitrogen and oxygen atoms in total. The van der Waals surface area contributed by atoms with Crippen LogP contribution in [0.15, 0.2) is 16.7 Å². The highest BCUT2D eigenvalue weighted by Crippen LogP contribution is 2.28. The maximum Gasteiger partial charge on any atom is 0.288 e. The quantitative estimate of drug-likeness (QED) is 0.626. The number of hydrogen-bond donors (Lipinski definition) is 1. The van der Waals surface area contributed by atoms with Crippen LogP contribution in [0.5, 0.6) is 0 Å². The lowest BCUT2D eigenvalue weighted by molar-refractivity contribution is -0.385. The van der Waals surface area contributed by atoms with E-state index in [1.807, 2.05) is 0 Å². The molecule has 0 saturated carbocycles. The number of nitrogens with one attached hydrogen (secondary N) is 1. The van der Waals surface area contributed by atoms with E-state index in [0.717, 1.165) is 38.4 Å². The lowest BCUT2D eigenvalue weighted by Crippen LogP contribution is -2.39. The molecule has 2 heterocycles. The number of aromatic nitrogens is 1. The van der Waals surface area contributed by atoms with Crippen molar-refractivity contribution in [2.45, 2.75) is 26.2 Å². The highest BCUT2D eigenvalue weighted by molar-refractivity contribution is 9.10. The average Bonchev–Trinajstić information content (AvgIpc) is 2.48. The van der Waals surface area contributed by atoms with Gasteiger partial charge in [0.05, 0.1) is 9.40 Å². The van der Waals surface area contributed by atoms with Crippen LogP contribution >= 0.6 is 15.9 Å². The minimum absolute atomic E-state index is 0.0152. The molecule has 21 heavy (non-hydrogen) atoms. The molecular weight excluding hydrogens is 336 g/mol. The van der Waals surface area contributed by atoms with Crippen molar-refractivity contribution in [2.75, 3.05) is 31.1 Å². The van der Waals surface area contributed by atoms with Gasteiger partial charge in [0.25, 0.3) is 5.69 Å². The Balaban J connectivity index is 2.14. The minimum Gasteiger partial charge on any atom is -0.355 e. The molecular formula is C14H21BrN4O2. The molecule has 2 rings (SSSR count). The molecule has 1 saturated heterocycles. The Morgan fingerprint density at radius 2 is 2.43 bits per heavy atom. The second kappa shape index (κ2) is 7.70. The van der Waals surface area contributed by atoms with E-state index in [2.05, 4.69) is 38.1 Å². The largest absolute Gasteiger partial charge is 0.355 e. The summed E-state index contributed by atoms with van der Waals surface area (Å²) in [5.74, 6) is 1.40. The van der Waals surface area contributed by atoms with Crippen LogP contribution in [-0.2, 0) is 0 Å². The van der Waals surface area contributed by atoms with Gasteiger partial charge in [-0.1, -0.05) is 6.92 Å². The van der Waals surface area contributed by atoms with E-state index in [1.165, 1.54) is 25.1 Å². The molecule has 0 radical (unpaired) electrons. The van der Waals surface area contributed by atoms with E-state index in [-0.39, 0.29) is 5.69 Å². The van der Waals surface area contributed by atoms with Crippen molar-refractivity contribution in [1.29, 1.82) is 0 Å². The van der Waals surface area contributed by atoms with Crippen molar-refractivity contribution in [3.63, 3.8) is 0 Å². The van der Waals surface area contributed by atoms with Gasteiger partial charge in [-0.25, -0.2) is 4.98 Å². The lowest BCUT2D eigenvalue weighted by Gasteiger charge is -2.31. The van der Waals surface area contributed by atoms with Crippen molar-refractivity contribution in [2.24, 2.45) is 5.92 Å². The SMILES string of the molecule is CCCN(CC1CCCNC1)c1ncc([N+](=O)[O-])cc1Br. The topological polar surface area (TPSA) is 71.3 Å². The van der Waals surface area contributed by atoms with Crippen LogP contribution in [0.4, 0.5) is 11.5 Å². The number of piperidine rings is 1. The maximum absolute atomic E-state index is 10.8. The number of hydrogen-bond acceptors (Lipinski definition) is 5. The van der Waals surface area contributed by atoms with E-state index in [0.29, 0.717) is 10.4 Å². The third-order valence-corrected chi connectivity index (χ3v) is 4.27. The summed E-state index contributed by atoms with van der Waals surface area (Å²) in [7, 11) is 0. The molecule has 1 aromatic rings. The Kier molecular flexibility index (Phi) is 5.93. The standard InChI is InChI=1S/C14H21BrN4O2/c1-2-6-18(10-11-4-3-5-16-8-11)14-13(15)7-12(9-17-14)19(20)21/h7,9,11,16H,2-6,8,10H2,1H3. The molecule has 1 N–H and O–H groups in total. The summed E-state index contributed by atoms with van der Waals surface area (Å²) in [5.41, 5.74) is 0.0152. The molecule has 0 spiro atoms. The van der Waals surface area contributed by atoms with E-state index < -0.39 is 4.92 Å². The van der Waals surface area contributed by atoms with Crippen LogP contribution in [0.2, 0.25) is 0 Å². The Hall–Kier alpha value is -1.21. The Bertz CT molecular complexity index is 492. The molecule has 0 amide bonds. The second-order valence-corrected chi connectivity index (χ2v) is 6.27. The highest BCUT2D eigenvalue weighted by Gasteiger charge is 2.20. The van der Waals surface area contributed by atoms with Gasteiger partial charge in [0.15, 0.2) is 0 Å². The summed E-state index contributed by atoms with van der Waals surface area (Å²) in [4.78, 5) is 16.9. The molecule has 1 unspecified atom stereocenters. The monoisotopic (exact) mass is 356 g/mol. The number of halogens is 1. The number of nitrogens with zero attached hydrogens (tertiary/aromatic N) is 3. The Labute approximate surface area is 133 Å². The van der Waals surface area contributed by atoms with Crippen molar-refractivity contribution in [3.8, 4) is 0 Å². The van der Waals surface area contributed by atoms with E-state index >= 15 is 0 Å². The molecule has 1 atom stereocenters. The molecule has 7 heteroatoms. The Morgan fingerprint density at radius 3 is 3.00 bits per heavy atom. The van der Waals surface area contributed by atoms with Crippen LogP contribution in [0, 0.1) is 16.0 Å². The maximum atomic E-state index is 10.8. The molecule has 1 fully saturated rings.